The molecular formula is C27H29F3N4O2. The number of hydrogen-bond acceptors (Lipinski definition) is 4. The van der Waals surface area contributed by atoms with Crippen LogP contribution >= 0.6 is 0 Å². The van der Waals surface area contributed by atoms with E-state index in [0.717, 1.165) is 6.07 Å². The molecule has 1 N–H and O–H groups in total. The van der Waals surface area contributed by atoms with Gasteiger partial charge in [-0.1, -0.05) is 18.2 Å². The lowest BCUT2D eigenvalue weighted by atomic mass is 9.78. The Morgan fingerprint density at radius 1 is 1.08 bits per heavy atom. The van der Waals surface area contributed by atoms with Crippen molar-refractivity contribution in [2.75, 3.05) is 37.6 Å². The molecule has 2 atom stereocenters. The van der Waals surface area contributed by atoms with Gasteiger partial charge in [0, 0.05) is 44.0 Å². The number of carbonyl (C=O) groups excluding carboxylic acids is 2. The molecule has 2 aromatic rings. The van der Waals surface area contributed by atoms with E-state index in [1.54, 1.807) is 29.2 Å². The van der Waals surface area contributed by atoms with Crippen LogP contribution in [0.25, 0.3) is 0 Å². The lowest BCUT2D eigenvalue weighted by Crippen LogP contribution is -2.41. The molecule has 0 bridgehead atoms. The molecule has 0 radical (unpaired) electrons. The maximum absolute atomic E-state index is 13.4. The van der Waals surface area contributed by atoms with E-state index < -0.39 is 11.7 Å². The standard InChI is InChI=1S/C27H29F3N4O2/c1-2-32-25(35)23-17-34(26(36)19-6-4-3-5-7-19)16-22(23)18-10-12-33(13-11-18)21-9-8-20(15-31)24(14-21)27(28,29)30/h3-9,14,18,22-23H,2,10-13,16-17H2,1H3,(H,32,35)/t22-,23+/m0/s1. The number of rotatable bonds is 5. The molecule has 0 saturated carbocycles. The molecule has 0 aliphatic carbocycles. The van der Waals surface area contributed by atoms with Crippen molar-refractivity contribution < 1.29 is 22.8 Å². The molecule has 9 heteroatoms. The summed E-state index contributed by atoms with van der Waals surface area (Å²) < 4.78 is 40.2. The predicted molar refractivity (Wildman–Crippen MR) is 129 cm³/mol. The van der Waals surface area contributed by atoms with Crippen LogP contribution in [0.2, 0.25) is 0 Å². The van der Waals surface area contributed by atoms with Gasteiger partial charge >= 0.3 is 6.18 Å². The van der Waals surface area contributed by atoms with Gasteiger partial charge in [-0.05, 0) is 61.9 Å². The van der Waals surface area contributed by atoms with E-state index in [-0.39, 0.29) is 35.1 Å². The van der Waals surface area contributed by atoms with Crippen LogP contribution in [0.5, 0.6) is 0 Å². The molecule has 0 unspecified atom stereocenters. The number of anilines is 1. The van der Waals surface area contributed by atoms with Crippen molar-refractivity contribution in [1.82, 2.24) is 10.2 Å². The minimum atomic E-state index is -4.60. The molecule has 190 valence electrons. The fourth-order valence-corrected chi connectivity index (χ4v) is 5.47. The van der Waals surface area contributed by atoms with Gasteiger partial charge in [0.15, 0.2) is 0 Å². The Balaban J connectivity index is 1.48. The molecule has 2 aliphatic rings. The van der Waals surface area contributed by atoms with E-state index in [4.69, 9.17) is 5.26 Å². The van der Waals surface area contributed by atoms with Crippen LogP contribution in [0.1, 0.15) is 41.3 Å². The number of nitrogens with one attached hydrogen (secondary N) is 1. The molecule has 2 heterocycles. The second-order valence-corrected chi connectivity index (χ2v) is 9.41. The Bertz CT molecular complexity index is 1140. The number of nitriles is 1. The SMILES string of the molecule is CCNC(=O)[C@@H]1CN(C(=O)c2ccccc2)C[C@H]1C1CCN(c2ccc(C#N)c(C(F)(F)F)c2)CC1. The maximum atomic E-state index is 13.4. The minimum Gasteiger partial charge on any atom is -0.372 e. The van der Waals surface area contributed by atoms with Crippen molar-refractivity contribution in [2.24, 2.45) is 17.8 Å². The fraction of sp³-hybridized carbons (Fsp3) is 0.444. The number of halogens is 3. The lowest BCUT2D eigenvalue weighted by molar-refractivity contribution is -0.137. The summed E-state index contributed by atoms with van der Waals surface area (Å²) in [5.41, 5.74) is -0.289. The Labute approximate surface area is 208 Å². The van der Waals surface area contributed by atoms with Gasteiger partial charge in [-0.3, -0.25) is 9.59 Å². The normalized spacial score (nSPS) is 20.8. The zero-order valence-electron chi connectivity index (χ0n) is 20.1. The summed E-state index contributed by atoms with van der Waals surface area (Å²) in [7, 11) is 0. The first-order chi connectivity index (χ1) is 17.2. The van der Waals surface area contributed by atoms with Crippen molar-refractivity contribution in [2.45, 2.75) is 25.9 Å². The van der Waals surface area contributed by atoms with E-state index in [0.29, 0.717) is 56.8 Å². The summed E-state index contributed by atoms with van der Waals surface area (Å²) in [5.74, 6) is -0.320. The van der Waals surface area contributed by atoms with Crippen LogP contribution in [0, 0.1) is 29.1 Å². The number of carbonyl (C=O) groups is 2. The maximum Gasteiger partial charge on any atom is 0.417 e. The second kappa shape index (κ2) is 10.6. The summed E-state index contributed by atoms with van der Waals surface area (Å²) in [5, 5.41) is 12.0. The van der Waals surface area contributed by atoms with Crippen molar-refractivity contribution >= 4 is 17.5 Å². The molecule has 2 amide bonds. The van der Waals surface area contributed by atoms with Gasteiger partial charge in [0.1, 0.15) is 0 Å². The smallest absolute Gasteiger partial charge is 0.372 e. The highest BCUT2D eigenvalue weighted by molar-refractivity contribution is 5.95. The topological polar surface area (TPSA) is 76.4 Å². The van der Waals surface area contributed by atoms with E-state index >= 15 is 0 Å². The monoisotopic (exact) mass is 498 g/mol. The van der Waals surface area contributed by atoms with Gasteiger partial charge in [0.2, 0.25) is 5.91 Å². The Morgan fingerprint density at radius 2 is 1.78 bits per heavy atom. The third-order valence-corrected chi connectivity index (χ3v) is 7.30. The van der Waals surface area contributed by atoms with Crippen molar-refractivity contribution in [3.05, 3.63) is 65.2 Å². The van der Waals surface area contributed by atoms with Crippen LogP contribution in [0.15, 0.2) is 48.5 Å². The van der Waals surface area contributed by atoms with Gasteiger partial charge in [0.25, 0.3) is 5.91 Å². The van der Waals surface area contributed by atoms with E-state index in [2.05, 4.69) is 5.32 Å². The highest BCUT2D eigenvalue weighted by Crippen LogP contribution is 2.39. The third kappa shape index (κ3) is 5.32. The number of amides is 2. The number of likely N-dealkylation sites (tertiary alicyclic amines) is 1. The number of piperidine rings is 1. The first kappa shape index (κ1) is 25.5. The molecule has 2 fully saturated rings. The van der Waals surface area contributed by atoms with Gasteiger partial charge in [0.05, 0.1) is 23.1 Å². The highest BCUT2D eigenvalue weighted by Gasteiger charge is 2.44. The number of nitrogens with zero attached hydrogens (tertiary/aromatic N) is 3. The predicted octanol–water partition coefficient (Wildman–Crippen LogP) is 4.32. The Hall–Kier alpha value is -3.54. The highest BCUT2D eigenvalue weighted by atomic mass is 19.4. The third-order valence-electron chi connectivity index (χ3n) is 7.30. The van der Waals surface area contributed by atoms with Crippen LogP contribution < -0.4 is 10.2 Å². The van der Waals surface area contributed by atoms with Gasteiger partial charge in [-0.15, -0.1) is 0 Å². The van der Waals surface area contributed by atoms with Crippen LogP contribution in [0.3, 0.4) is 0 Å². The lowest BCUT2D eigenvalue weighted by Gasteiger charge is -2.37. The second-order valence-electron chi connectivity index (χ2n) is 9.41. The molecule has 0 spiro atoms. The summed E-state index contributed by atoms with van der Waals surface area (Å²) in [4.78, 5) is 29.6. The Kier molecular flexibility index (Phi) is 7.53. The summed E-state index contributed by atoms with van der Waals surface area (Å²) in [6.07, 6.45) is -3.19. The van der Waals surface area contributed by atoms with Crippen molar-refractivity contribution in [3.8, 4) is 6.07 Å². The molecule has 6 nitrogen and oxygen atoms in total. The fourth-order valence-electron chi connectivity index (χ4n) is 5.47. The molecule has 4 rings (SSSR count). The van der Waals surface area contributed by atoms with Crippen molar-refractivity contribution in [3.63, 3.8) is 0 Å². The van der Waals surface area contributed by atoms with Crippen LogP contribution in [-0.4, -0.2) is 49.4 Å². The number of alkyl halides is 3. The zero-order chi connectivity index (χ0) is 25.9. The summed E-state index contributed by atoms with van der Waals surface area (Å²) in [6.45, 7) is 4.29. The van der Waals surface area contributed by atoms with Gasteiger partial charge in [-0.25, -0.2) is 0 Å². The summed E-state index contributed by atoms with van der Waals surface area (Å²) >= 11 is 0. The number of hydrogen-bond donors (Lipinski definition) is 1. The zero-order valence-corrected chi connectivity index (χ0v) is 20.1. The van der Waals surface area contributed by atoms with Crippen LogP contribution in [-0.2, 0) is 11.0 Å². The molecule has 0 aromatic heterocycles. The molecule has 2 aliphatic heterocycles. The van der Waals surface area contributed by atoms with Crippen molar-refractivity contribution in [1.29, 1.82) is 5.26 Å². The van der Waals surface area contributed by atoms with Gasteiger partial charge < -0.3 is 15.1 Å². The van der Waals surface area contributed by atoms with E-state index in [1.807, 2.05) is 30.0 Å². The van der Waals surface area contributed by atoms with Crippen LogP contribution in [0.4, 0.5) is 18.9 Å². The molecule has 36 heavy (non-hydrogen) atoms. The average molecular weight is 499 g/mol. The van der Waals surface area contributed by atoms with E-state index in [9.17, 15) is 22.8 Å². The molecule has 2 aromatic carbocycles. The Morgan fingerprint density at radius 3 is 2.39 bits per heavy atom. The number of benzene rings is 2. The largest absolute Gasteiger partial charge is 0.417 e. The minimum absolute atomic E-state index is 0.0157. The molecular weight excluding hydrogens is 469 g/mol. The quantitative estimate of drug-likeness (QED) is 0.666. The van der Waals surface area contributed by atoms with Gasteiger partial charge in [-0.2, -0.15) is 18.4 Å². The first-order valence-corrected chi connectivity index (χ1v) is 12.2. The summed E-state index contributed by atoms with van der Waals surface area (Å²) in [6, 6.07) is 14.4. The van der Waals surface area contributed by atoms with E-state index in [1.165, 1.54) is 6.07 Å². The first-order valence-electron chi connectivity index (χ1n) is 12.2. The molecule has 2 saturated heterocycles. The average Bonchev–Trinajstić information content (AvgIpc) is 3.34.